The van der Waals surface area contributed by atoms with Gasteiger partial charge in [-0.15, -0.1) is 6.42 Å². The standard InChI is InChI=1S/C10H10ClN5/c1-2-6-7(4-3-5-8(6)11)10(13)14-9(12)15-16-10/h1,3-5,16H,13H2,(H3,12,14,15). The zero-order valence-corrected chi connectivity index (χ0v) is 9.05. The molecule has 82 valence electrons. The van der Waals surface area contributed by atoms with E-state index in [0.717, 1.165) is 0 Å². The van der Waals surface area contributed by atoms with Crippen LogP contribution in [0.15, 0.2) is 23.2 Å². The molecule has 6 N–H and O–H groups in total. The predicted molar refractivity (Wildman–Crippen MR) is 63.1 cm³/mol. The Morgan fingerprint density at radius 3 is 2.81 bits per heavy atom. The number of aliphatic imine (C=N–C) groups is 1. The van der Waals surface area contributed by atoms with E-state index in [2.05, 4.69) is 21.8 Å². The number of hydrazine groups is 1. The predicted octanol–water partition coefficient (Wildman–Crippen LogP) is -0.187. The number of benzene rings is 1. The lowest BCUT2D eigenvalue weighted by molar-refractivity contribution is 0.374. The first-order chi connectivity index (χ1) is 7.57. The van der Waals surface area contributed by atoms with E-state index < -0.39 is 5.79 Å². The molecule has 0 fully saturated rings. The summed E-state index contributed by atoms with van der Waals surface area (Å²) < 4.78 is 0. The van der Waals surface area contributed by atoms with Crippen LogP contribution in [0.5, 0.6) is 0 Å². The van der Waals surface area contributed by atoms with Crippen molar-refractivity contribution in [2.45, 2.75) is 5.79 Å². The van der Waals surface area contributed by atoms with E-state index in [-0.39, 0.29) is 5.96 Å². The molecule has 0 amide bonds. The quantitative estimate of drug-likeness (QED) is 0.508. The molecule has 1 aliphatic rings. The third kappa shape index (κ3) is 1.59. The van der Waals surface area contributed by atoms with Gasteiger partial charge in [-0.1, -0.05) is 29.7 Å². The fourth-order valence-corrected chi connectivity index (χ4v) is 1.75. The van der Waals surface area contributed by atoms with Crippen LogP contribution in [0.1, 0.15) is 11.1 Å². The van der Waals surface area contributed by atoms with Crippen LogP contribution in [0.25, 0.3) is 0 Å². The Hall–Kier alpha value is -1.74. The molecule has 0 spiro atoms. The molecule has 16 heavy (non-hydrogen) atoms. The second-order valence-electron chi connectivity index (χ2n) is 3.32. The van der Waals surface area contributed by atoms with Crippen molar-refractivity contribution in [2.75, 3.05) is 0 Å². The van der Waals surface area contributed by atoms with Crippen molar-refractivity contribution in [3.05, 3.63) is 34.3 Å². The highest BCUT2D eigenvalue weighted by molar-refractivity contribution is 6.31. The van der Waals surface area contributed by atoms with Gasteiger partial charge in [-0.2, -0.15) is 5.43 Å². The van der Waals surface area contributed by atoms with Gasteiger partial charge in [-0.25, -0.2) is 4.99 Å². The summed E-state index contributed by atoms with van der Waals surface area (Å²) in [4.78, 5) is 4.04. The zero-order valence-electron chi connectivity index (χ0n) is 8.29. The van der Waals surface area contributed by atoms with Gasteiger partial charge in [0.05, 0.1) is 10.6 Å². The zero-order chi connectivity index (χ0) is 11.8. The number of rotatable bonds is 1. The highest BCUT2D eigenvalue weighted by Gasteiger charge is 2.33. The largest absolute Gasteiger partial charge is 0.369 e. The summed E-state index contributed by atoms with van der Waals surface area (Å²) in [6.45, 7) is 0. The normalized spacial score (nSPS) is 23.4. The molecule has 1 aromatic rings. The summed E-state index contributed by atoms with van der Waals surface area (Å²) in [7, 11) is 0. The van der Waals surface area contributed by atoms with E-state index in [1.54, 1.807) is 18.2 Å². The first kappa shape index (κ1) is 10.8. The molecule has 0 saturated heterocycles. The highest BCUT2D eigenvalue weighted by Crippen LogP contribution is 2.27. The molecule has 1 unspecified atom stereocenters. The van der Waals surface area contributed by atoms with Gasteiger partial charge in [0.1, 0.15) is 0 Å². The first-order valence-electron chi connectivity index (χ1n) is 4.50. The number of terminal acetylenes is 1. The fraction of sp³-hybridized carbons (Fsp3) is 0.100. The average molecular weight is 236 g/mol. The van der Waals surface area contributed by atoms with Crippen molar-refractivity contribution in [3.63, 3.8) is 0 Å². The van der Waals surface area contributed by atoms with Gasteiger partial charge in [0, 0.05) is 5.56 Å². The van der Waals surface area contributed by atoms with Crippen molar-refractivity contribution in [1.82, 2.24) is 10.9 Å². The van der Waals surface area contributed by atoms with Gasteiger partial charge < -0.3 is 5.73 Å². The summed E-state index contributed by atoms with van der Waals surface area (Å²) in [5.74, 6) is 1.51. The van der Waals surface area contributed by atoms with E-state index in [4.69, 9.17) is 29.5 Å². The summed E-state index contributed by atoms with van der Waals surface area (Å²) in [6.07, 6.45) is 5.39. The van der Waals surface area contributed by atoms with Crippen LogP contribution in [0.4, 0.5) is 0 Å². The Morgan fingerprint density at radius 1 is 1.50 bits per heavy atom. The van der Waals surface area contributed by atoms with Crippen LogP contribution in [0.2, 0.25) is 5.02 Å². The van der Waals surface area contributed by atoms with Crippen molar-refractivity contribution in [3.8, 4) is 12.3 Å². The molecule has 1 heterocycles. The van der Waals surface area contributed by atoms with Crippen LogP contribution >= 0.6 is 11.6 Å². The smallest absolute Gasteiger partial charge is 0.210 e. The number of nitrogens with two attached hydrogens (primary N) is 2. The van der Waals surface area contributed by atoms with E-state index in [9.17, 15) is 0 Å². The van der Waals surface area contributed by atoms with Crippen LogP contribution in [0.3, 0.4) is 0 Å². The maximum Gasteiger partial charge on any atom is 0.210 e. The van der Waals surface area contributed by atoms with Gasteiger partial charge in [0.15, 0.2) is 0 Å². The first-order valence-corrected chi connectivity index (χ1v) is 4.87. The van der Waals surface area contributed by atoms with Gasteiger partial charge in [-0.05, 0) is 6.07 Å². The Morgan fingerprint density at radius 2 is 2.25 bits per heavy atom. The number of nitrogens with zero attached hydrogens (tertiary/aromatic N) is 1. The van der Waals surface area contributed by atoms with E-state index in [1.807, 2.05) is 0 Å². The summed E-state index contributed by atoms with van der Waals surface area (Å²) >= 11 is 5.98. The minimum atomic E-state index is -1.18. The molecule has 0 aliphatic carbocycles. The Bertz CT molecular complexity index is 504. The van der Waals surface area contributed by atoms with Crippen LogP contribution < -0.4 is 22.3 Å². The van der Waals surface area contributed by atoms with Gasteiger partial charge in [0.25, 0.3) is 0 Å². The number of hydrogen-bond donors (Lipinski definition) is 4. The number of guanidine groups is 1. The van der Waals surface area contributed by atoms with Crippen molar-refractivity contribution in [2.24, 2.45) is 16.5 Å². The van der Waals surface area contributed by atoms with E-state index in [1.165, 1.54) is 0 Å². The molecule has 0 saturated carbocycles. The molecule has 1 aliphatic heterocycles. The van der Waals surface area contributed by atoms with Crippen molar-refractivity contribution < 1.29 is 0 Å². The van der Waals surface area contributed by atoms with E-state index >= 15 is 0 Å². The SMILES string of the molecule is C#Cc1c(Cl)cccc1C1(N)N=C(N)NN1. The number of halogens is 1. The van der Waals surface area contributed by atoms with E-state index in [0.29, 0.717) is 16.1 Å². The second-order valence-corrected chi connectivity index (χ2v) is 3.73. The molecule has 6 heteroatoms. The lowest BCUT2D eigenvalue weighted by Gasteiger charge is -2.22. The second kappa shape index (κ2) is 3.68. The molecule has 0 radical (unpaired) electrons. The van der Waals surface area contributed by atoms with Gasteiger partial charge >= 0.3 is 0 Å². The summed E-state index contributed by atoms with van der Waals surface area (Å²) in [5, 5.41) is 0.451. The molecular formula is C10H10ClN5. The minimum absolute atomic E-state index is 0.199. The maximum absolute atomic E-state index is 6.02. The van der Waals surface area contributed by atoms with Crippen molar-refractivity contribution in [1.29, 1.82) is 0 Å². The molecule has 0 bridgehead atoms. The van der Waals surface area contributed by atoms with Crippen LogP contribution in [-0.4, -0.2) is 5.96 Å². The van der Waals surface area contributed by atoms with Crippen LogP contribution in [-0.2, 0) is 5.79 Å². The third-order valence-corrected chi connectivity index (χ3v) is 2.56. The van der Waals surface area contributed by atoms with Gasteiger partial charge in [-0.3, -0.25) is 11.2 Å². The lowest BCUT2D eigenvalue weighted by atomic mass is 10.0. The monoisotopic (exact) mass is 235 g/mol. The molecule has 1 atom stereocenters. The maximum atomic E-state index is 6.02. The Labute approximate surface area is 97.8 Å². The minimum Gasteiger partial charge on any atom is -0.369 e. The highest BCUT2D eigenvalue weighted by atomic mass is 35.5. The number of hydrogen-bond acceptors (Lipinski definition) is 5. The topological polar surface area (TPSA) is 88.5 Å². The average Bonchev–Trinajstić information content (AvgIpc) is 2.59. The van der Waals surface area contributed by atoms with Crippen molar-refractivity contribution >= 4 is 17.6 Å². The molecule has 0 aromatic heterocycles. The fourth-order valence-electron chi connectivity index (χ4n) is 1.52. The molecule has 2 rings (SSSR count). The molecule has 1 aromatic carbocycles. The summed E-state index contributed by atoms with van der Waals surface area (Å²) in [6, 6.07) is 5.19. The molecule has 5 nitrogen and oxygen atoms in total. The lowest BCUT2D eigenvalue weighted by Crippen LogP contribution is -2.51. The molecular weight excluding hydrogens is 226 g/mol. The van der Waals surface area contributed by atoms with Crippen LogP contribution in [0, 0.1) is 12.3 Å². The Balaban J connectivity index is 2.58. The summed E-state index contributed by atoms with van der Waals surface area (Å²) in [5.41, 5.74) is 18.0. The Kier molecular flexibility index (Phi) is 2.48. The van der Waals surface area contributed by atoms with Gasteiger partial charge in [0.2, 0.25) is 11.7 Å². The third-order valence-electron chi connectivity index (χ3n) is 2.25. The number of nitrogens with one attached hydrogen (secondary N) is 2.